The highest BCUT2D eigenvalue weighted by molar-refractivity contribution is 5.79. The molecule has 0 saturated heterocycles. The fourth-order valence-corrected chi connectivity index (χ4v) is 2.24. The largest absolute Gasteiger partial charge is 0.493 e. The number of methoxy groups -OCH3 is 1. The lowest BCUT2D eigenvalue weighted by atomic mass is 9.96. The van der Waals surface area contributed by atoms with Crippen molar-refractivity contribution in [3.8, 4) is 5.75 Å². The van der Waals surface area contributed by atoms with Gasteiger partial charge in [-0.05, 0) is 19.9 Å². The maximum absolute atomic E-state index is 11.7. The number of benzene rings is 1. The Labute approximate surface area is 107 Å². The van der Waals surface area contributed by atoms with Crippen LogP contribution in [0.3, 0.4) is 0 Å². The highest BCUT2D eigenvalue weighted by atomic mass is 16.5. The first-order chi connectivity index (χ1) is 8.54. The monoisotopic (exact) mass is 249 g/mol. The van der Waals surface area contributed by atoms with Gasteiger partial charge < -0.3 is 9.47 Å². The van der Waals surface area contributed by atoms with Gasteiger partial charge in [0.05, 0.1) is 13.7 Å². The summed E-state index contributed by atoms with van der Waals surface area (Å²) in [6.07, 6.45) is 0.845. The Morgan fingerprint density at radius 3 is 2.89 bits per heavy atom. The molecule has 1 N–H and O–H groups in total. The predicted molar refractivity (Wildman–Crippen MR) is 68.5 cm³/mol. The van der Waals surface area contributed by atoms with Crippen LogP contribution in [0.4, 0.5) is 0 Å². The van der Waals surface area contributed by atoms with E-state index in [-0.39, 0.29) is 12.0 Å². The van der Waals surface area contributed by atoms with Gasteiger partial charge in [0.2, 0.25) is 0 Å². The highest BCUT2D eigenvalue weighted by Gasteiger charge is 2.33. The van der Waals surface area contributed by atoms with Crippen LogP contribution in [0.2, 0.25) is 0 Å². The van der Waals surface area contributed by atoms with Crippen LogP contribution in [0.15, 0.2) is 24.3 Å². The Morgan fingerprint density at radius 1 is 1.44 bits per heavy atom. The minimum atomic E-state index is -0.704. The third-order valence-electron chi connectivity index (χ3n) is 3.19. The van der Waals surface area contributed by atoms with E-state index in [0.717, 1.165) is 17.7 Å². The molecule has 0 spiro atoms. The molecule has 0 saturated carbocycles. The topological polar surface area (TPSA) is 47.6 Å². The number of hydrogen-bond acceptors (Lipinski definition) is 4. The van der Waals surface area contributed by atoms with Gasteiger partial charge in [-0.25, -0.2) is 0 Å². The normalized spacial score (nSPS) is 18.7. The maximum Gasteiger partial charge on any atom is 0.325 e. The number of carbonyl (C=O) groups is 1. The summed E-state index contributed by atoms with van der Waals surface area (Å²) >= 11 is 0. The lowest BCUT2D eigenvalue weighted by molar-refractivity contribution is -0.147. The SMILES string of the molecule is COC(=O)C(C)(C)NC1CCOc2ccccc21. The van der Waals surface area contributed by atoms with E-state index in [1.54, 1.807) is 0 Å². The number of hydrogen-bond donors (Lipinski definition) is 1. The van der Waals surface area contributed by atoms with Crippen LogP contribution in [0.1, 0.15) is 31.9 Å². The lowest BCUT2D eigenvalue weighted by Gasteiger charge is -2.33. The van der Waals surface area contributed by atoms with Crippen LogP contribution in [0, 0.1) is 0 Å². The van der Waals surface area contributed by atoms with E-state index < -0.39 is 5.54 Å². The summed E-state index contributed by atoms with van der Waals surface area (Å²) in [4.78, 5) is 11.7. The second-order valence-corrected chi connectivity index (χ2v) is 4.99. The fourth-order valence-electron chi connectivity index (χ4n) is 2.24. The number of nitrogens with one attached hydrogen (secondary N) is 1. The summed E-state index contributed by atoms with van der Waals surface area (Å²) in [7, 11) is 1.41. The van der Waals surface area contributed by atoms with E-state index in [0.29, 0.717) is 6.61 Å². The summed E-state index contributed by atoms with van der Waals surface area (Å²) in [5.74, 6) is 0.633. The quantitative estimate of drug-likeness (QED) is 0.833. The van der Waals surface area contributed by atoms with Gasteiger partial charge in [0.1, 0.15) is 11.3 Å². The van der Waals surface area contributed by atoms with Gasteiger partial charge in [0.15, 0.2) is 0 Å². The van der Waals surface area contributed by atoms with Crippen molar-refractivity contribution in [2.75, 3.05) is 13.7 Å². The van der Waals surface area contributed by atoms with E-state index in [2.05, 4.69) is 5.32 Å². The van der Waals surface area contributed by atoms with Crippen molar-refractivity contribution in [3.05, 3.63) is 29.8 Å². The molecule has 1 heterocycles. The van der Waals surface area contributed by atoms with Crippen LogP contribution in [-0.4, -0.2) is 25.2 Å². The molecule has 4 nitrogen and oxygen atoms in total. The number of ether oxygens (including phenoxy) is 2. The Balaban J connectivity index is 2.19. The van der Waals surface area contributed by atoms with Crippen LogP contribution in [0.5, 0.6) is 5.75 Å². The minimum absolute atomic E-state index is 0.115. The summed E-state index contributed by atoms with van der Waals surface area (Å²) < 4.78 is 10.4. The molecule has 1 aromatic rings. The molecule has 1 aromatic carbocycles. The first kappa shape index (κ1) is 12.9. The number of fused-ring (bicyclic) bond motifs is 1. The van der Waals surface area contributed by atoms with E-state index in [9.17, 15) is 4.79 Å². The first-order valence-corrected chi connectivity index (χ1v) is 6.12. The van der Waals surface area contributed by atoms with Gasteiger partial charge in [-0.2, -0.15) is 0 Å². The molecule has 2 rings (SSSR count). The van der Waals surface area contributed by atoms with Crippen LogP contribution >= 0.6 is 0 Å². The second kappa shape index (κ2) is 4.98. The van der Waals surface area contributed by atoms with Gasteiger partial charge in [0, 0.05) is 18.0 Å². The van der Waals surface area contributed by atoms with Gasteiger partial charge in [-0.3, -0.25) is 10.1 Å². The van der Waals surface area contributed by atoms with E-state index in [1.807, 2.05) is 38.1 Å². The number of esters is 1. The molecule has 0 aromatic heterocycles. The summed E-state index contributed by atoms with van der Waals surface area (Å²) in [6.45, 7) is 4.32. The molecule has 1 aliphatic rings. The maximum atomic E-state index is 11.7. The molecule has 0 aliphatic carbocycles. The van der Waals surface area contributed by atoms with E-state index in [1.165, 1.54) is 7.11 Å². The van der Waals surface area contributed by atoms with Crippen LogP contribution in [-0.2, 0) is 9.53 Å². The van der Waals surface area contributed by atoms with Crippen molar-refractivity contribution in [1.29, 1.82) is 0 Å². The molecule has 1 atom stereocenters. The standard InChI is InChI=1S/C14H19NO3/c1-14(2,13(16)17-3)15-11-8-9-18-12-7-5-4-6-10(11)12/h4-7,11,15H,8-9H2,1-3H3. The predicted octanol–water partition coefficient (Wildman–Crippen LogP) is 2.05. The van der Waals surface area contributed by atoms with Gasteiger partial charge in [0.25, 0.3) is 0 Å². The van der Waals surface area contributed by atoms with Crippen molar-refractivity contribution < 1.29 is 14.3 Å². The molecule has 4 heteroatoms. The molecule has 1 unspecified atom stereocenters. The zero-order chi connectivity index (χ0) is 13.2. The Hall–Kier alpha value is -1.55. The molecule has 0 bridgehead atoms. The first-order valence-electron chi connectivity index (χ1n) is 6.12. The van der Waals surface area contributed by atoms with Crippen molar-refractivity contribution in [3.63, 3.8) is 0 Å². The summed E-state index contributed by atoms with van der Waals surface area (Å²) in [6, 6.07) is 8.03. The number of carbonyl (C=O) groups excluding carboxylic acids is 1. The summed E-state index contributed by atoms with van der Waals surface area (Å²) in [5.41, 5.74) is 0.393. The Kier molecular flexibility index (Phi) is 3.57. The zero-order valence-electron chi connectivity index (χ0n) is 11.0. The third kappa shape index (κ3) is 2.48. The van der Waals surface area contributed by atoms with Gasteiger partial charge in [-0.1, -0.05) is 18.2 Å². The highest BCUT2D eigenvalue weighted by Crippen LogP contribution is 2.32. The lowest BCUT2D eigenvalue weighted by Crippen LogP contribution is -2.49. The number of rotatable bonds is 3. The van der Waals surface area contributed by atoms with Crippen molar-refractivity contribution in [2.45, 2.75) is 31.8 Å². The second-order valence-electron chi connectivity index (χ2n) is 4.99. The van der Waals surface area contributed by atoms with Crippen molar-refractivity contribution >= 4 is 5.97 Å². The molecule has 0 radical (unpaired) electrons. The van der Waals surface area contributed by atoms with Gasteiger partial charge in [-0.15, -0.1) is 0 Å². The average Bonchev–Trinajstić information content (AvgIpc) is 2.38. The molecule has 18 heavy (non-hydrogen) atoms. The van der Waals surface area contributed by atoms with Crippen LogP contribution in [0.25, 0.3) is 0 Å². The third-order valence-corrected chi connectivity index (χ3v) is 3.19. The smallest absolute Gasteiger partial charge is 0.325 e. The molecule has 1 aliphatic heterocycles. The van der Waals surface area contributed by atoms with Crippen molar-refractivity contribution in [2.24, 2.45) is 0 Å². The fraction of sp³-hybridized carbons (Fsp3) is 0.500. The number of para-hydroxylation sites is 1. The van der Waals surface area contributed by atoms with Gasteiger partial charge >= 0.3 is 5.97 Å². The van der Waals surface area contributed by atoms with E-state index in [4.69, 9.17) is 9.47 Å². The molecular weight excluding hydrogens is 230 g/mol. The zero-order valence-corrected chi connectivity index (χ0v) is 11.0. The average molecular weight is 249 g/mol. The molecule has 98 valence electrons. The molecule has 0 fully saturated rings. The van der Waals surface area contributed by atoms with E-state index >= 15 is 0 Å². The van der Waals surface area contributed by atoms with Crippen molar-refractivity contribution in [1.82, 2.24) is 5.32 Å². The van der Waals surface area contributed by atoms with Crippen LogP contribution < -0.4 is 10.1 Å². The molecule has 0 amide bonds. The minimum Gasteiger partial charge on any atom is -0.493 e. The summed E-state index contributed by atoms with van der Waals surface area (Å²) in [5, 5.41) is 3.35. The molecular formula is C14H19NO3. The Morgan fingerprint density at radius 2 is 2.17 bits per heavy atom. The Bertz CT molecular complexity index is 442.